The fraction of sp³-hybridized carbons (Fsp3) is 0.375. The molecule has 154 valence electrons. The van der Waals surface area contributed by atoms with E-state index in [1.54, 1.807) is 15.4 Å². The second kappa shape index (κ2) is 7.67. The number of pyridine rings is 1. The highest BCUT2D eigenvalue weighted by molar-refractivity contribution is 6.09. The van der Waals surface area contributed by atoms with Crippen LogP contribution < -0.4 is 0 Å². The van der Waals surface area contributed by atoms with Crippen molar-refractivity contribution in [2.75, 3.05) is 13.1 Å². The molecule has 0 radical (unpaired) electrons. The Morgan fingerprint density at radius 3 is 2.47 bits per heavy atom. The first-order chi connectivity index (χ1) is 14.6. The monoisotopic (exact) mass is 405 g/mol. The molecule has 2 aliphatic rings. The Balaban J connectivity index is 1.43. The number of benzene rings is 1. The van der Waals surface area contributed by atoms with Gasteiger partial charge in [-0.15, -0.1) is 0 Å². The number of halogens is 1. The van der Waals surface area contributed by atoms with Crippen LogP contribution in [0.1, 0.15) is 76.4 Å². The average molecular weight is 405 g/mol. The van der Waals surface area contributed by atoms with Gasteiger partial charge in [0.2, 0.25) is 5.78 Å². The molecule has 5 nitrogen and oxygen atoms in total. The van der Waals surface area contributed by atoms with Crippen molar-refractivity contribution >= 4 is 17.3 Å². The number of fused-ring (bicyclic) bond motifs is 1. The molecule has 0 bridgehead atoms. The quantitative estimate of drug-likeness (QED) is 0.596. The first kappa shape index (κ1) is 19.0. The van der Waals surface area contributed by atoms with Gasteiger partial charge in [0, 0.05) is 24.8 Å². The van der Waals surface area contributed by atoms with Crippen LogP contribution in [0.3, 0.4) is 0 Å². The molecule has 0 atom stereocenters. The van der Waals surface area contributed by atoms with Gasteiger partial charge in [-0.25, -0.2) is 9.37 Å². The lowest BCUT2D eigenvalue weighted by Gasteiger charge is -2.20. The fourth-order valence-corrected chi connectivity index (χ4v) is 4.25. The van der Waals surface area contributed by atoms with Crippen LogP contribution in [0.2, 0.25) is 0 Å². The minimum atomic E-state index is -0.672. The maximum atomic E-state index is 14.9. The summed E-state index contributed by atoms with van der Waals surface area (Å²) < 4.78 is 16.6. The highest BCUT2D eigenvalue weighted by Gasteiger charge is 2.26. The number of amides is 1. The van der Waals surface area contributed by atoms with Crippen molar-refractivity contribution < 1.29 is 14.0 Å². The summed E-state index contributed by atoms with van der Waals surface area (Å²) in [5.41, 5.74) is 2.42. The van der Waals surface area contributed by atoms with Gasteiger partial charge in [0.1, 0.15) is 17.2 Å². The third kappa shape index (κ3) is 3.51. The van der Waals surface area contributed by atoms with Crippen LogP contribution in [0.4, 0.5) is 4.39 Å². The summed E-state index contributed by atoms with van der Waals surface area (Å²) in [6.07, 6.45) is 9.92. The highest BCUT2D eigenvalue weighted by Crippen LogP contribution is 2.40. The molecule has 0 unspecified atom stereocenters. The van der Waals surface area contributed by atoms with E-state index in [2.05, 4.69) is 4.98 Å². The zero-order valence-corrected chi connectivity index (χ0v) is 16.8. The second-order valence-electron chi connectivity index (χ2n) is 8.34. The van der Waals surface area contributed by atoms with E-state index in [4.69, 9.17) is 0 Å². The summed E-state index contributed by atoms with van der Waals surface area (Å²) in [5, 5.41) is 0. The SMILES string of the molecule is O=C(c1ccc(C(=O)N2CCCCCC2)cc1F)c1cnc2ccc(C3CC3)cn12. The van der Waals surface area contributed by atoms with E-state index in [0.717, 1.165) is 38.5 Å². The number of nitrogens with zero attached hydrogens (tertiary/aromatic N) is 3. The molecule has 30 heavy (non-hydrogen) atoms. The van der Waals surface area contributed by atoms with Crippen molar-refractivity contribution in [3.8, 4) is 0 Å². The first-order valence-corrected chi connectivity index (χ1v) is 10.7. The largest absolute Gasteiger partial charge is 0.339 e. The summed E-state index contributed by atoms with van der Waals surface area (Å²) in [6.45, 7) is 1.40. The summed E-state index contributed by atoms with van der Waals surface area (Å²) in [4.78, 5) is 31.9. The van der Waals surface area contributed by atoms with Crippen molar-refractivity contribution in [3.63, 3.8) is 0 Å². The molecule has 0 N–H and O–H groups in total. The van der Waals surface area contributed by atoms with Crippen molar-refractivity contribution in [1.82, 2.24) is 14.3 Å². The van der Waals surface area contributed by atoms with E-state index in [-0.39, 0.29) is 11.5 Å². The second-order valence-corrected chi connectivity index (χ2v) is 8.34. The van der Waals surface area contributed by atoms with Gasteiger partial charge in [0.25, 0.3) is 5.91 Å². The van der Waals surface area contributed by atoms with E-state index in [1.165, 1.54) is 23.9 Å². The summed E-state index contributed by atoms with van der Waals surface area (Å²) in [5.74, 6) is -0.727. The predicted molar refractivity (Wildman–Crippen MR) is 111 cm³/mol. The number of hydrogen-bond acceptors (Lipinski definition) is 3. The lowest BCUT2D eigenvalue weighted by molar-refractivity contribution is 0.0760. The van der Waals surface area contributed by atoms with E-state index in [0.29, 0.717) is 35.9 Å². The van der Waals surface area contributed by atoms with Crippen LogP contribution in [0, 0.1) is 5.82 Å². The number of ketones is 1. The summed E-state index contributed by atoms with van der Waals surface area (Å²) >= 11 is 0. The van der Waals surface area contributed by atoms with Gasteiger partial charge >= 0.3 is 0 Å². The van der Waals surface area contributed by atoms with E-state index >= 15 is 0 Å². The van der Waals surface area contributed by atoms with Crippen LogP contribution in [0.5, 0.6) is 0 Å². The van der Waals surface area contributed by atoms with Crippen LogP contribution in [-0.2, 0) is 0 Å². The third-order valence-electron chi connectivity index (χ3n) is 6.16. The van der Waals surface area contributed by atoms with Crippen molar-refractivity contribution in [2.45, 2.75) is 44.4 Å². The van der Waals surface area contributed by atoms with Crippen LogP contribution in [0.15, 0.2) is 42.7 Å². The Kier molecular flexibility index (Phi) is 4.85. The number of hydrogen-bond donors (Lipinski definition) is 0. The number of carbonyl (C=O) groups excluding carboxylic acids is 2. The zero-order valence-electron chi connectivity index (χ0n) is 16.8. The molecule has 1 saturated heterocycles. The molecule has 1 aliphatic heterocycles. The Labute approximate surface area is 174 Å². The van der Waals surface area contributed by atoms with Crippen molar-refractivity contribution in [2.24, 2.45) is 0 Å². The van der Waals surface area contributed by atoms with Gasteiger partial charge in [0.05, 0.1) is 11.8 Å². The topological polar surface area (TPSA) is 54.7 Å². The van der Waals surface area contributed by atoms with Gasteiger partial charge in [-0.3, -0.25) is 14.0 Å². The van der Waals surface area contributed by atoms with E-state index in [1.807, 2.05) is 18.3 Å². The highest BCUT2D eigenvalue weighted by atomic mass is 19.1. The summed E-state index contributed by atoms with van der Waals surface area (Å²) in [6, 6.07) is 8.11. The molecular weight excluding hydrogens is 381 g/mol. The average Bonchev–Trinajstić information content (AvgIpc) is 3.56. The van der Waals surface area contributed by atoms with Crippen LogP contribution in [0.25, 0.3) is 5.65 Å². The summed E-state index contributed by atoms with van der Waals surface area (Å²) in [7, 11) is 0. The zero-order chi connectivity index (χ0) is 20.7. The first-order valence-electron chi connectivity index (χ1n) is 10.7. The van der Waals surface area contributed by atoms with Gasteiger partial charge < -0.3 is 4.90 Å². The lowest BCUT2D eigenvalue weighted by atomic mass is 10.0. The molecule has 6 heteroatoms. The Bertz CT molecular complexity index is 1120. The molecule has 3 aromatic rings. The van der Waals surface area contributed by atoms with Crippen molar-refractivity contribution in [1.29, 1.82) is 0 Å². The fourth-order valence-electron chi connectivity index (χ4n) is 4.25. The molecule has 2 fully saturated rings. The molecule has 1 aromatic carbocycles. The van der Waals surface area contributed by atoms with Gasteiger partial charge in [-0.2, -0.15) is 0 Å². The van der Waals surface area contributed by atoms with Gasteiger partial charge in [-0.05, 0) is 61.4 Å². The molecule has 1 amide bonds. The molecule has 3 heterocycles. The molecule has 2 aromatic heterocycles. The Morgan fingerprint density at radius 2 is 1.77 bits per heavy atom. The normalized spacial score (nSPS) is 17.2. The smallest absolute Gasteiger partial charge is 0.253 e. The number of carbonyl (C=O) groups is 2. The molecule has 1 aliphatic carbocycles. The Hall–Kier alpha value is -3.02. The standard InChI is InChI=1S/C24H24FN3O2/c25-20-13-17(24(30)27-11-3-1-2-4-12-27)7-9-19(20)23(29)21-14-26-22-10-8-18(15-28(21)22)16-5-6-16/h7-10,13-16H,1-6,11-12H2. The molecule has 1 saturated carbocycles. The molecule has 0 spiro atoms. The van der Waals surface area contributed by atoms with Gasteiger partial charge in [-0.1, -0.05) is 18.9 Å². The van der Waals surface area contributed by atoms with Gasteiger partial charge in [0.15, 0.2) is 0 Å². The maximum Gasteiger partial charge on any atom is 0.253 e. The number of rotatable bonds is 4. The van der Waals surface area contributed by atoms with E-state index < -0.39 is 11.6 Å². The number of aromatic nitrogens is 2. The minimum absolute atomic E-state index is 0.0407. The molecular formula is C24H24FN3O2. The van der Waals surface area contributed by atoms with Crippen LogP contribution in [-0.4, -0.2) is 39.1 Å². The predicted octanol–water partition coefficient (Wildman–Crippen LogP) is 4.60. The molecule has 5 rings (SSSR count). The lowest BCUT2D eigenvalue weighted by Crippen LogP contribution is -2.32. The Morgan fingerprint density at radius 1 is 1.00 bits per heavy atom. The minimum Gasteiger partial charge on any atom is -0.339 e. The van der Waals surface area contributed by atoms with E-state index in [9.17, 15) is 14.0 Å². The number of imidazole rings is 1. The van der Waals surface area contributed by atoms with Crippen molar-refractivity contribution in [3.05, 3.63) is 70.9 Å². The third-order valence-corrected chi connectivity index (χ3v) is 6.16. The maximum absolute atomic E-state index is 14.9. The van der Waals surface area contributed by atoms with Crippen LogP contribution >= 0.6 is 0 Å². The number of likely N-dealkylation sites (tertiary alicyclic amines) is 1.